The number of hydrogen-bond acceptors (Lipinski definition) is 3. The molecule has 2 aromatic carbocycles. The molecule has 0 aliphatic heterocycles. The Morgan fingerprint density at radius 3 is 2.82 bits per heavy atom. The second kappa shape index (κ2) is 5.44. The lowest BCUT2D eigenvalue weighted by Gasteiger charge is -2.05. The molecule has 22 heavy (non-hydrogen) atoms. The molecule has 2 N–H and O–H groups in total. The Hall–Kier alpha value is -2.95. The highest BCUT2D eigenvalue weighted by Gasteiger charge is 2.07. The molecule has 5 nitrogen and oxygen atoms in total. The molecule has 0 aliphatic carbocycles. The van der Waals surface area contributed by atoms with E-state index in [-0.39, 0.29) is 11.1 Å². The highest BCUT2D eigenvalue weighted by molar-refractivity contribution is 5.87. The minimum Gasteiger partial charge on any atom is -0.478 e. The summed E-state index contributed by atoms with van der Waals surface area (Å²) in [6, 6.07) is 12.1. The van der Waals surface area contributed by atoms with Crippen molar-refractivity contribution in [2.45, 2.75) is 13.3 Å². The maximum atomic E-state index is 12.1. The van der Waals surface area contributed by atoms with Crippen molar-refractivity contribution in [3.8, 4) is 0 Å². The lowest BCUT2D eigenvalue weighted by atomic mass is 10.1. The van der Waals surface area contributed by atoms with Crippen LogP contribution in [0.1, 0.15) is 27.3 Å². The van der Waals surface area contributed by atoms with Gasteiger partial charge in [-0.15, -0.1) is 0 Å². The van der Waals surface area contributed by atoms with Gasteiger partial charge in [-0.05, 0) is 36.8 Å². The van der Waals surface area contributed by atoms with Gasteiger partial charge in [0.05, 0.1) is 16.5 Å². The molecule has 3 rings (SSSR count). The number of carboxylic acids is 1. The third-order valence-corrected chi connectivity index (χ3v) is 3.46. The van der Waals surface area contributed by atoms with E-state index >= 15 is 0 Å². The van der Waals surface area contributed by atoms with E-state index in [2.05, 4.69) is 9.97 Å². The van der Waals surface area contributed by atoms with Crippen LogP contribution in [0.3, 0.4) is 0 Å². The number of nitrogens with one attached hydrogen (secondary N) is 1. The van der Waals surface area contributed by atoms with Crippen LogP contribution in [0.25, 0.3) is 10.9 Å². The lowest BCUT2D eigenvalue weighted by molar-refractivity contribution is 0.0696. The molecule has 0 unspecified atom stereocenters. The summed E-state index contributed by atoms with van der Waals surface area (Å²) in [4.78, 5) is 30.3. The highest BCUT2D eigenvalue weighted by Crippen LogP contribution is 2.12. The van der Waals surface area contributed by atoms with Crippen molar-refractivity contribution >= 4 is 16.9 Å². The molecule has 0 bridgehead atoms. The minimum absolute atomic E-state index is 0.182. The van der Waals surface area contributed by atoms with Crippen molar-refractivity contribution in [3.05, 3.63) is 75.3 Å². The SMILES string of the molecule is Cc1ccc2nc(Cc3cccc(C(=O)O)c3)[nH]c(=O)c2c1. The summed E-state index contributed by atoms with van der Waals surface area (Å²) < 4.78 is 0. The van der Waals surface area contributed by atoms with Crippen LogP contribution in [0.2, 0.25) is 0 Å². The summed E-state index contributed by atoms with van der Waals surface area (Å²) in [7, 11) is 0. The number of aromatic amines is 1. The summed E-state index contributed by atoms with van der Waals surface area (Å²) >= 11 is 0. The van der Waals surface area contributed by atoms with Crippen LogP contribution in [0.15, 0.2) is 47.3 Å². The fourth-order valence-electron chi connectivity index (χ4n) is 2.39. The Morgan fingerprint density at radius 2 is 2.05 bits per heavy atom. The van der Waals surface area contributed by atoms with Gasteiger partial charge in [-0.3, -0.25) is 4.79 Å². The predicted molar refractivity (Wildman–Crippen MR) is 83.3 cm³/mol. The van der Waals surface area contributed by atoms with E-state index < -0.39 is 5.97 Å². The van der Waals surface area contributed by atoms with Crippen LogP contribution >= 0.6 is 0 Å². The third-order valence-electron chi connectivity index (χ3n) is 3.46. The Kier molecular flexibility index (Phi) is 3.47. The number of carboxylic acid groups (broad SMARTS) is 1. The maximum absolute atomic E-state index is 12.1. The molecule has 3 aromatic rings. The second-order valence-corrected chi connectivity index (χ2v) is 5.22. The van der Waals surface area contributed by atoms with Gasteiger partial charge in [0.1, 0.15) is 5.82 Å². The van der Waals surface area contributed by atoms with E-state index in [1.807, 2.05) is 25.1 Å². The Labute approximate surface area is 126 Å². The van der Waals surface area contributed by atoms with Crippen molar-refractivity contribution in [2.75, 3.05) is 0 Å². The molecule has 1 heterocycles. The van der Waals surface area contributed by atoms with E-state index in [0.29, 0.717) is 23.1 Å². The van der Waals surface area contributed by atoms with Crippen molar-refractivity contribution in [1.29, 1.82) is 0 Å². The van der Waals surface area contributed by atoms with Crippen molar-refractivity contribution in [2.24, 2.45) is 0 Å². The molecule has 0 spiro atoms. The monoisotopic (exact) mass is 294 g/mol. The fraction of sp³-hybridized carbons (Fsp3) is 0.118. The molecule has 5 heteroatoms. The average molecular weight is 294 g/mol. The molecule has 0 saturated heterocycles. The van der Waals surface area contributed by atoms with E-state index in [1.165, 1.54) is 6.07 Å². The molecular weight excluding hydrogens is 280 g/mol. The fourth-order valence-corrected chi connectivity index (χ4v) is 2.39. The van der Waals surface area contributed by atoms with E-state index in [1.54, 1.807) is 18.2 Å². The van der Waals surface area contributed by atoms with Crippen LogP contribution in [0.4, 0.5) is 0 Å². The number of aromatic nitrogens is 2. The smallest absolute Gasteiger partial charge is 0.335 e. The number of rotatable bonds is 3. The van der Waals surface area contributed by atoms with Crippen LogP contribution < -0.4 is 5.56 Å². The van der Waals surface area contributed by atoms with E-state index in [0.717, 1.165) is 11.1 Å². The van der Waals surface area contributed by atoms with E-state index in [9.17, 15) is 9.59 Å². The van der Waals surface area contributed by atoms with Gasteiger partial charge in [0.15, 0.2) is 0 Å². The predicted octanol–water partition coefficient (Wildman–Crippen LogP) is 2.52. The number of aromatic carboxylic acids is 1. The van der Waals surface area contributed by atoms with Gasteiger partial charge >= 0.3 is 5.97 Å². The average Bonchev–Trinajstić information content (AvgIpc) is 2.48. The van der Waals surface area contributed by atoms with Gasteiger partial charge in [-0.2, -0.15) is 0 Å². The van der Waals surface area contributed by atoms with Gasteiger partial charge in [0.25, 0.3) is 5.56 Å². The van der Waals surface area contributed by atoms with Crippen molar-refractivity contribution < 1.29 is 9.90 Å². The Balaban J connectivity index is 2.01. The van der Waals surface area contributed by atoms with Crippen LogP contribution in [0.5, 0.6) is 0 Å². The van der Waals surface area contributed by atoms with Gasteiger partial charge in [-0.1, -0.05) is 23.8 Å². The number of fused-ring (bicyclic) bond motifs is 1. The minimum atomic E-state index is -0.975. The first-order valence-corrected chi connectivity index (χ1v) is 6.85. The molecule has 0 radical (unpaired) electrons. The van der Waals surface area contributed by atoms with Crippen LogP contribution in [0, 0.1) is 6.92 Å². The van der Waals surface area contributed by atoms with Crippen molar-refractivity contribution in [1.82, 2.24) is 9.97 Å². The molecular formula is C17H14N2O3. The Morgan fingerprint density at radius 1 is 1.23 bits per heavy atom. The molecule has 0 saturated carbocycles. The zero-order valence-electron chi connectivity index (χ0n) is 12.0. The first-order chi connectivity index (χ1) is 10.5. The first-order valence-electron chi connectivity index (χ1n) is 6.85. The molecule has 0 fully saturated rings. The second-order valence-electron chi connectivity index (χ2n) is 5.22. The number of nitrogens with zero attached hydrogens (tertiary/aromatic N) is 1. The topological polar surface area (TPSA) is 83.0 Å². The number of benzene rings is 2. The molecule has 0 aliphatic rings. The Bertz CT molecular complexity index is 929. The van der Waals surface area contributed by atoms with E-state index in [4.69, 9.17) is 5.11 Å². The van der Waals surface area contributed by atoms with Gasteiger partial charge in [0, 0.05) is 6.42 Å². The molecule has 0 atom stereocenters. The zero-order chi connectivity index (χ0) is 15.7. The normalized spacial score (nSPS) is 10.8. The third kappa shape index (κ3) is 2.74. The summed E-state index contributed by atoms with van der Waals surface area (Å²) in [6.07, 6.45) is 0.375. The highest BCUT2D eigenvalue weighted by atomic mass is 16.4. The molecule has 0 amide bonds. The number of hydrogen-bond donors (Lipinski definition) is 2. The summed E-state index contributed by atoms with van der Waals surface area (Å²) in [6.45, 7) is 1.92. The zero-order valence-corrected chi connectivity index (χ0v) is 12.0. The quantitative estimate of drug-likeness (QED) is 0.777. The largest absolute Gasteiger partial charge is 0.478 e. The lowest BCUT2D eigenvalue weighted by Crippen LogP contribution is -2.12. The summed E-state index contributed by atoms with van der Waals surface area (Å²) in [5.74, 6) is -0.457. The standard InChI is InChI=1S/C17H14N2O3/c1-10-5-6-14-13(7-10)16(20)19-15(18-14)9-11-3-2-4-12(8-11)17(21)22/h2-8H,9H2,1H3,(H,21,22)(H,18,19,20). The number of H-pyrrole nitrogens is 1. The van der Waals surface area contributed by atoms with Gasteiger partial charge in [0.2, 0.25) is 0 Å². The van der Waals surface area contributed by atoms with Crippen molar-refractivity contribution in [3.63, 3.8) is 0 Å². The molecule has 1 aromatic heterocycles. The van der Waals surface area contributed by atoms with Gasteiger partial charge in [-0.25, -0.2) is 9.78 Å². The number of aryl methyl sites for hydroxylation is 1. The first kappa shape index (κ1) is 14.0. The number of carbonyl (C=O) groups is 1. The maximum Gasteiger partial charge on any atom is 0.335 e. The van der Waals surface area contributed by atoms with Crippen LogP contribution in [-0.2, 0) is 6.42 Å². The molecule has 110 valence electrons. The van der Waals surface area contributed by atoms with Gasteiger partial charge < -0.3 is 10.1 Å². The van der Waals surface area contributed by atoms with Crippen LogP contribution in [-0.4, -0.2) is 21.0 Å². The summed E-state index contributed by atoms with van der Waals surface area (Å²) in [5, 5.41) is 9.57. The summed E-state index contributed by atoms with van der Waals surface area (Å²) in [5.41, 5.74) is 2.46.